The van der Waals surface area contributed by atoms with Crippen LogP contribution in [0.4, 0.5) is 0 Å². The molecule has 84 valence electrons. The molecule has 1 aromatic rings. The van der Waals surface area contributed by atoms with Crippen molar-refractivity contribution in [3.05, 3.63) is 23.8 Å². The Morgan fingerprint density at radius 3 is 2.38 bits per heavy atom. The Balaban J connectivity index is 3.10. The zero-order valence-corrected chi connectivity index (χ0v) is 9.14. The van der Waals surface area contributed by atoms with Gasteiger partial charge in [0.25, 0.3) is 0 Å². The van der Waals surface area contributed by atoms with Crippen LogP contribution >= 0.6 is 0 Å². The van der Waals surface area contributed by atoms with Gasteiger partial charge in [0.2, 0.25) is 0 Å². The van der Waals surface area contributed by atoms with Crippen LogP contribution in [-0.4, -0.2) is 42.4 Å². The number of hydrogen-bond donors (Lipinski definition) is 4. The first kappa shape index (κ1) is 12.4. The molecule has 5 nitrogen and oxygen atoms in total. The summed E-state index contributed by atoms with van der Waals surface area (Å²) < 4.78 is 0. The third-order valence-corrected chi connectivity index (χ3v) is 2.86. The van der Waals surface area contributed by atoms with E-state index < -0.39 is 17.2 Å². The number of carboxylic acids is 1. The zero-order valence-electron chi connectivity index (χ0n) is 9.14. The van der Waals surface area contributed by atoms with Gasteiger partial charge in [-0.1, -0.05) is 6.07 Å². The summed E-state index contributed by atoms with van der Waals surface area (Å²) in [4.78, 5) is 11.0. The van der Waals surface area contributed by atoms with Crippen LogP contribution in [0.3, 0.4) is 0 Å². The SMILES string of the molecule is BC(c1ccc(O)c(O)c1)[C@@](B)(N)C(=O)O. The van der Waals surface area contributed by atoms with E-state index in [-0.39, 0.29) is 11.5 Å². The molecule has 1 unspecified atom stereocenters. The molecular formula is C9H13B2NO4. The molecule has 16 heavy (non-hydrogen) atoms. The second-order valence-electron chi connectivity index (χ2n) is 4.06. The highest BCUT2D eigenvalue weighted by Crippen LogP contribution is 2.30. The highest BCUT2D eigenvalue weighted by molar-refractivity contribution is 6.33. The fraction of sp³-hybridized carbons (Fsp3) is 0.222. The van der Waals surface area contributed by atoms with Crippen LogP contribution in [0.25, 0.3) is 0 Å². The van der Waals surface area contributed by atoms with Crippen LogP contribution < -0.4 is 5.73 Å². The smallest absolute Gasteiger partial charge is 0.314 e. The number of phenolic OH excluding ortho intramolecular Hbond substituents is 2. The Labute approximate surface area is 94.7 Å². The summed E-state index contributed by atoms with van der Waals surface area (Å²) in [6.07, 6.45) is 0. The maximum Gasteiger partial charge on any atom is 0.314 e. The maximum atomic E-state index is 11.0. The average molecular weight is 221 g/mol. The Morgan fingerprint density at radius 2 is 1.94 bits per heavy atom. The van der Waals surface area contributed by atoms with Crippen molar-refractivity contribution in [1.82, 2.24) is 0 Å². The van der Waals surface area contributed by atoms with E-state index in [1.807, 2.05) is 0 Å². The standard InChI is InChI=1S/C9H13B2NO4/c10-7(9(11,12)8(15)16)4-1-2-5(13)6(14)3-4/h1-3,7,13-14H,10-12H2,(H,15,16)/t7?,9-/m1/s1. The lowest BCUT2D eigenvalue weighted by molar-refractivity contribution is -0.140. The maximum absolute atomic E-state index is 11.0. The van der Waals surface area contributed by atoms with Gasteiger partial charge >= 0.3 is 5.97 Å². The van der Waals surface area contributed by atoms with E-state index in [0.717, 1.165) is 0 Å². The summed E-state index contributed by atoms with van der Waals surface area (Å²) in [6.45, 7) is 0. The monoisotopic (exact) mass is 221 g/mol. The molecule has 0 aliphatic heterocycles. The van der Waals surface area contributed by atoms with Crippen LogP contribution in [0.1, 0.15) is 11.4 Å². The normalized spacial score (nSPS) is 16.3. The van der Waals surface area contributed by atoms with Gasteiger partial charge in [-0.05, 0) is 23.5 Å². The summed E-state index contributed by atoms with van der Waals surface area (Å²) in [6, 6.07) is 4.15. The van der Waals surface area contributed by atoms with E-state index in [9.17, 15) is 9.90 Å². The van der Waals surface area contributed by atoms with Gasteiger partial charge in [0.05, 0.1) is 5.44 Å². The largest absolute Gasteiger partial charge is 0.504 e. The molecule has 0 saturated heterocycles. The molecule has 0 spiro atoms. The highest BCUT2D eigenvalue weighted by Gasteiger charge is 2.35. The van der Waals surface area contributed by atoms with E-state index in [4.69, 9.17) is 15.9 Å². The topological polar surface area (TPSA) is 104 Å². The van der Waals surface area contributed by atoms with E-state index >= 15 is 0 Å². The summed E-state index contributed by atoms with van der Waals surface area (Å²) in [7, 11) is 3.06. The van der Waals surface area contributed by atoms with Crippen LogP contribution in [0.2, 0.25) is 0 Å². The van der Waals surface area contributed by atoms with Crippen molar-refractivity contribution in [2.75, 3.05) is 0 Å². The molecule has 0 aliphatic rings. The van der Waals surface area contributed by atoms with E-state index in [2.05, 4.69) is 0 Å². The summed E-state index contributed by atoms with van der Waals surface area (Å²) in [5, 5.41) is 27.4. The second-order valence-corrected chi connectivity index (χ2v) is 4.06. The molecule has 0 fully saturated rings. The lowest BCUT2D eigenvalue weighted by Crippen LogP contribution is -2.53. The van der Waals surface area contributed by atoms with Crippen LogP contribution in [0, 0.1) is 0 Å². The molecular weight excluding hydrogens is 208 g/mol. The molecule has 2 atom stereocenters. The summed E-state index contributed by atoms with van der Waals surface area (Å²) in [5.74, 6) is -2.14. The third kappa shape index (κ3) is 2.14. The first-order valence-electron chi connectivity index (χ1n) is 4.81. The van der Waals surface area contributed by atoms with Gasteiger partial charge in [0, 0.05) is 0 Å². The van der Waals surface area contributed by atoms with Crippen molar-refractivity contribution in [3.8, 4) is 11.5 Å². The fourth-order valence-electron chi connectivity index (χ4n) is 1.34. The molecule has 1 rings (SSSR count). The Kier molecular flexibility index (Phi) is 3.19. The number of carboxylic acid groups (broad SMARTS) is 1. The lowest BCUT2D eigenvalue weighted by atomic mass is 9.58. The van der Waals surface area contributed by atoms with Crippen molar-refractivity contribution in [2.45, 2.75) is 11.3 Å². The Hall–Kier alpha value is -1.62. The number of aromatic hydroxyl groups is 2. The number of phenols is 2. The quantitative estimate of drug-likeness (QED) is 0.354. The Morgan fingerprint density at radius 1 is 1.38 bits per heavy atom. The van der Waals surface area contributed by atoms with Crippen molar-refractivity contribution in [1.29, 1.82) is 0 Å². The number of rotatable bonds is 3. The molecule has 0 aromatic heterocycles. The van der Waals surface area contributed by atoms with Crippen molar-refractivity contribution in [2.24, 2.45) is 5.73 Å². The van der Waals surface area contributed by atoms with E-state index in [1.165, 1.54) is 26.0 Å². The molecule has 0 amide bonds. The number of nitrogens with two attached hydrogens (primary N) is 1. The molecule has 5 N–H and O–H groups in total. The van der Waals surface area contributed by atoms with E-state index in [0.29, 0.717) is 5.56 Å². The first-order chi connectivity index (χ1) is 7.26. The lowest BCUT2D eigenvalue weighted by Gasteiger charge is -2.27. The minimum atomic E-state index is -1.43. The van der Waals surface area contributed by atoms with Gasteiger partial charge in [-0.25, -0.2) is 0 Å². The van der Waals surface area contributed by atoms with Crippen molar-refractivity contribution in [3.63, 3.8) is 0 Å². The molecule has 0 saturated carbocycles. The average Bonchev–Trinajstić information content (AvgIpc) is 2.20. The van der Waals surface area contributed by atoms with Gasteiger partial charge in [0.15, 0.2) is 11.5 Å². The number of hydrogen-bond acceptors (Lipinski definition) is 4. The summed E-state index contributed by atoms with van der Waals surface area (Å²) >= 11 is 0. The predicted molar refractivity (Wildman–Crippen MR) is 64.2 cm³/mol. The van der Waals surface area contributed by atoms with Gasteiger partial charge in [-0.15, -0.1) is 0 Å². The van der Waals surface area contributed by atoms with Crippen molar-refractivity contribution >= 4 is 21.7 Å². The highest BCUT2D eigenvalue weighted by atomic mass is 16.4. The minimum Gasteiger partial charge on any atom is -0.504 e. The molecule has 0 bridgehead atoms. The Bertz CT molecular complexity index is 422. The van der Waals surface area contributed by atoms with Crippen LogP contribution in [0.15, 0.2) is 18.2 Å². The molecule has 0 heterocycles. The van der Waals surface area contributed by atoms with Gasteiger partial charge in [-0.3, -0.25) is 4.79 Å². The zero-order chi connectivity index (χ0) is 12.5. The predicted octanol–water partition coefficient (Wildman–Crippen LogP) is -1.86. The molecule has 0 aliphatic carbocycles. The van der Waals surface area contributed by atoms with Gasteiger partial charge < -0.3 is 21.1 Å². The van der Waals surface area contributed by atoms with E-state index in [1.54, 1.807) is 7.85 Å². The number of benzene rings is 1. The summed E-state index contributed by atoms with van der Waals surface area (Å²) in [5.41, 5.74) is 4.81. The van der Waals surface area contributed by atoms with Gasteiger partial charge in [0.1, 0.15) is 15.7 Å². The molecule has 0 radical (unpaired) electrons. The third-order valence-electron chi connectivity index (χ3n) is 2.86. The van der Waals surface area contributed by atoms with Gasteiger partial charge in [-0.2, -0.15) is 0 Å². The number of carbonyl (C=O) groups is 1. The molecule has 1 aromatic carbocycles. The number of aliphatic carboxylic acids is 1. The molecule has 7 heteroatoms. The minimum absolute atomic E-state index is 0.245. The first-order valence-corrected chi connectivity index (χ1v) is 4.81. The fourth-order valence-corrected chi connectivity index (χ4v) is 1.34. The van der Waals surface area contributed by atoms with Crippen LogP contribution in [0.5, 0.6) is 11.5 Å². The van der Waals surface area contributed by atoms with Crippen LogP contribution in [-0.2, 0) is 4.79 Å². The van der Waals surface area contributed by atoms with Crippen molar-refractivity contribution < 1.29 is 20.1 Å². The second kappa shape index (κ2) is 4.09.